The Bertz CT molecular complexity index is 392. The molecular formula is C17H27NO. The maximum atomic E-state index is 5.64. The van der Waals surface area contributed by atoms with Crippen LogP contribution in [-0.2, 0) is 11.2 Å². The molecule has 106 valence electrons. The molecule has 1 aromatic carbocycles. The Labute approximate surface area is 117 Å². The topological polar surface area (TPSA) is 21.3 Å². The first kappa shape index (κ1) is 14.5. The van der Waals surface area contributed by atoms with Crippen LogP contribution in [0.1, 0.15) is 43.7 Å². The zero-order chi connectivity index (χ0) is 13.7. The second kappa shape index (κ2) is 6.53. The summed E-state index contributed by atoms with van der Waals surface area (Å²) in [5.41, 5.74) is 2.93. The van der Waals surface area contributed by atoms with Crippen LogP contribution in [0.3, 0.4) is 0 Å². The second-order valence-electron chi connectivity index (χ2n) is 6.05. The van der Waals surface area contributed by atoms with Gasteiger partial charge in [-0.3, -0.25) is 0 Å². The highest BCUT2D eigenvalue weighted by atomic mass is 16.5. The molecule has 0 aromatic heterocycles. The van der Waals surface area contributed by atoms with E-state index >= 15 is 0 Å². The molecule has 0 radical (unpaired) electrons. The standard InChI is InChI=1S/C17H27NO/c1-14-6-4-7-16(12-14)9-8-15(2)18-13-17(19-3)10-5-11-17/h4,6-7,12,15,18H,5,8-11,13H2,1-3H3. The summed E-state index contributed by atoms with van der Waals surface area (Å²) in [5.74, 6) is 0. The van der Waals surface area contributed by atoms with Gasteiger partial charge in [0.25, 0.3) is 0 Å². The lowest BCUT2D eigenvalue weighted by Gasteiger charge is -2.41. The first-order valence-corrected chi connectivity index (χ1v) is 7.48. The van der Waals surface area contributed by atoms with Gasteiger partial charge in [-0.05, 0) is 51.5 Å². The predicted octanol–water partition coefficient (Wildman–Crippen LogP) is 3.47. The van der Waals surface area contributed by atoms with Gasteiger partial charge in [0, 0.05) is 19.7 Å². The lowest BCUT2D eigenvalue weighted by Crippen LogP contribution is -2.49. The van der Waals surface area contributed by atoms with Gasteiger partial charge >= 0.3 is 0 Å². The van der Waals surface area contributed by atoms with Crippen molar-refractivity contribution in [2.24, 2.45) is 0 Å². The number of hydrogen-bond acceptors (Lipinski definition) is 2. The quantitative estimate of drug-likeness (QED) is 0.811. The number of nitrogens with one attached hydrogen (secondary N) is 1. The van der Waals surface area contributed by atoms with E-state index in [1.54, 1.807) is 0 Å². The highest BCUT2D eigenvalue weighted by Gasteiger charge is 2.36. The van der Waals surface area contributed by atoms with Crippen molar-refractivity contribution in [3.8, 4) is 0 Å². The summed E-state index contributed by atoms with van der Waals surface area (Å²) in [5, 5.41) is 3.64. The van der Waals surface area contributed by atoms with Crippen molar-refractivity contribution in [1.82, 2.24) is 5.32 Å². The van der Waals surface area contributed by atoms with Crippen LogP contribution in [0.2, 0.25) is 0 Å². The summed E-state index contributed by atoms with van der Waals surface area (Å²) >= 11 is 0. The Balaban J connectivity index is 1.71. The van der Waals surface area contributed by atoms with Gasteiger partial charge in [-0.25, -0.2) is 0 Å². The lowest BCUT2D eigenvalue weighted by molar-refractivity contribution is -0.0706. The zero-order valence-corrected chi connectivity index (χ0v) is 12.5. The summed E-state index contributed by atoms with van der Waals surface area (Å²) in [6.45, 7) is 5.43. The molecule has 19 heavy (non-hydrogen) atoms. The van der Waals surface area contributed by atoms with Crippen molar-refractivity contribution >= 4 is 0 Å². The van der Waals surface area contributed by atoms with Crippen molar-refractivity contribution in [2.75, 3.05) is 13.7 Å². The molecular weight excluding hydrogens is 234 g/mol. The van der Waals surface area contributed by atoms with Crippen LogP contribution in [0, 0.1) is 6.92 Å². The minimum absolute atomic E-state index is 0.137. The van der Waals surface area contributed by atoms with Gasteiger partial charge in [0.2, 0.25) is 0 Å². The Morgan fingerprint density at radius 2 is 2.16 bits per heavy atom. The third-order valence-electron chi connectivity index (χ3n) is 4.42. The normalized spacial score (nSPS) is 18.9. The van der Waals surface area contributed by atoms with Gasteiger partial charge in [0.15, 0.2) is 0 Å². The van der Waals surface area contributed by atoms with Gasteiger partial charge in [-0.2, -0.15) is 0 Å². The minimum atomic E-state index is 0.137. The Morgan fingerprint density at radius 3 is 2.74 bits per heavy atom. The van der Waals surface area contributed by atoms with E-state index in [9.17, 15) is 0 Å². The lowest BCUT2D eigenvalue weighted by atomic mass is 9.80. The van der Waals surface area contributed by atoms with Crippen LogP contribution in [0.4, 0.5) is 0 Å². The molecule has 2 nitrogen and oxygen atoms in total. The first-order chi connectivity index (χ1) is 9.13. The fourth-order valence-electron chi connectivity index (χ4n) is 2.74. The van der Waals surface area contributed by atoms with Crippen molar-refractivity contribution in [3.05, 3.63) is 35.4 Å². The number of rotatable bonds is 7. The van der Waals surface area contributed by atoms with E-state index in [0.717, 1.165) is 13.0 Å². The van der Waals surface area contributed by atoms with E-state index in [1.807, 2.05) is 7.11 Å². The third kappa shape index (κ3) is 4.05. The highest BCUT2D eigenvalue weighted by molar-refractivity contribution is 5.22. The molecule has 1 saturated carbocycles. The molecule has 0 amide bonds. The monoisotopic (exact) mass is 261 g/mol. The number of aryl methyl sites for hydroxylation is 2. The molecule has 0 aliphatic heterocycles. The van der Waals surface area contributed by atoms with Crippen LogP contribution in [-0.4, -0.2) is 25.3 Å². The molecule has 1 aliphatic carbocycles. The van der Waals surface area contributed by atoms with Gasteiger partial charge in [-0.15, -0.1) is 0 Å². The zero-order valence-electron chi connectivity index (χ0n) is 12.5. The average molecular weight is 261 g/mol. The van der Waals surface area contributed by atoms with E-state index in [0.29, 0.717) is 6.04 Å². The van der Waals surface area contributed by atoms with Gasteiger partial charge < -0.3 is 10.1 Å². The average Bonchev–Trinajstić information content (AvgIpc) is 2.36. The summed E-state index contributed by atoms with van der Waals surface area (Å²) in [6.07, 6.45) is 6.06. The maximum absolute atomic E-state index is 5.64. The van der Waals surface area contributed by atoms with Gasteiger partial charge in [0.1, 0.15) is 0 Å². The van der Waals surface area contributed by atoms with Crippen LogP contribution >= 0.6 is 0 Å². The summed E-state index contributed by atoms with van der Waals surface area (Å²) < 4.78 is 5.64. The molecule has 1 unspecified atom stereocenters. The Hall–Kier alpha value is -0.860. The number of hydrogen-bond donors (Lipinski definition) is 1. The van der Waals surface area contributed by atoms with Gasteiger partial charge in [-0.1, -0.05) is 29.8 Å². The Morgan fingerprint density at radius 1 is 1.37 bits per heavy atom. The molecule has 1 atom stereocenters. The molecule has 2 heteroatoms. The summed E-state index contributed by atoms with van der Waals surface area (Å²) in [7, 11) is 1.85. The fraction of sp³-hybridized carbons (Fsp3) is 0.647. The molecule has 0 heterocycles. The molecule has 0 bridgehead atoms. The smallest absolute Gasteiger partial charge is 0.0802 e. The molecule has 1 fully saturated rings. The summed E-state index contributed by atoms with van der Waals surface area (Å²) in [4.78, 5) is 0. The van der Waals surface area contributed by atoms with Crippen LogP contribution < -0.4 is 5.32 Å². The molecule has 1 aromatic rings. The van der Waals surface area contributed by atoms with Crippen molar-refractivity contribution < 1.29 is 4.74 Å². The van der Waals surface area contributed by atoms with E-state index in [2.05, 4.69) is 43.4 Å². The van der Waals surface area contributed by atoms with E-state index in [-0.39, 0.29) is 5.60 Å². The van der Waals surface area contributed by atoms with Crippen LogP contribution in [0.5, 0.6) is 0 Å². The fourth-order valence-corrected chi connectivity index (χ4v) is 2.74. The number of benzene rings is 1. The molecule has 0 spiro atoms. The molecule has 0 saturated heterocycles. The Kier molecular flexibility index (Phi) is 5.00. The molecule has 2 rings (SSSR count). The van der Waals surface area contributed by atoms with Crippen molar-refractivity contribution in [3.63, 3.8) is 0 Å². The SMILES string of the molecule is COC1(CNC(C)CCc2cccc(C)c2)CCC1. The number of methoxy groups -OCH3 is 1. The van der Waals surface area contributed by atoms with Crippen molar-refractivity contribution in [1.29, 1.82) is 0 Å². The van der Waals surface area contributed by atoms with E-state index in [4.69, 9.17) is 4.74 Å². The third-order valence-corrected chi connectivity index (χ3v) is 4.42. The molecule has 1 aliphatic rings. The van der Waals surface area contributed by atoms with Crippen LogP contribution in [0.25, 0.3) is 0 Å². The largest absolute Gasteiger partial charge is 0.377 e. The molecule has 1 N–H and O–H groups in total. The van der Waals surface area contributed by atoms with Crippen molar-refractivity contribution in [2.45, 2.75) is 57.6 Å². The summed E-state index contributed by atoms with van der Waals surface area (Å²) in [6, 6.07) is 9.37. The first-order valence-electron chi connectivity index (χ1n) is 7.48. The minimum Gasteiger partial charge on any atom is -0.377 e. The number of ether oxygens (including phenoxy) is 1. The van der Waals surface area contributed by atoms with Crippen LogP contribution in [0.15, 0.2) is 24.3 Å². The van der Waals surface area contributed by atoms with E-state index < -0.39 is 0 Å². The van der Waals surface area contributed by atoms with Gasteiger partial charge in [0.05, 0.1) is 5.60 Å². The predicted molar refractivity (Wildman–Crippen MR) is 80.6 cm³/mol. The maximum Gasteiger partial charge on any atom is 0.0802 e. The van der Waals surface area contributed by atoms with E-state index in [1.165, 1.54) is 36.8 Å². The highest BCUT2D eigenvalue weighted by Crippen LogP contribution is 2.34. The second-order valence-corrected chi connectivity index (χ2v) is 6.05.